The van der Waals surface area contributed by atoms with E-state index in [2.05, 4.69) is 12.2 Å². The van der Waals surface area contributed by atoms with Crippen molar-refractivity contribution < 1.29 is 14.3 Å². The first-order valence-electron chi connectivity index (χ1n) is 9.65. The molecule has 142 valence electrons. The molecule has 0 bridgehead atoms. The van der Waals surface area contributed by atoms with Crippen molar-refractivity contribution in [1.82, 2.24) is 15.1 Å². The maximum Gasteiger partial charge on any atom is 0.317 e. The largest absolute Gasteiger partial charge is 0.377 e. The molecule has 0 aromatic heterocycles. The van der Waals surface area contributed by atoms with E-state index in [1.807, 2.05) is 40.1 Å². The summed E-state index contributed by atoms with van der Waals surface area (Å²) in [5.41, 5.74) is 0.747. The van der Waals surface area contributed by atoms with Gasteiger partial charge in [0.05, 0.1) is 19.3 Å². The summed E-state index contributed by atoms with van der Waals surface area (Å²) < 4.78 is 5.46. The molecule has 3 amide bonds. The number of carbonyl (C=O) groups is 2. The molecule has 0 aliphatic carbocycles. The lowest BCUT2D eigenvalue weighted by Gasteiger charge is -2.36. The van der Waals surface area contributed by atoms with E-state index in [9.17, 15) is 9.59 Å². The molecule has 2 heterocycles. The van der Waals surface area contributed by atoms with E-state index in [0.717, 1.165) is 37.9 Å². The highest BCUT2D eigenvalue weighted by Crippen LogP contribution is 2.19. The van der Waals surface area contributed by atoms with Gasteiger partial charge in [-0.05, 0) is 37.3 Å². The van der Waals surface area contributed by atoms with Gasteiger partial charge in [0.15, 0.2) is 0 Å². The van der Waals surface area contributed by atoms with Crippen molar-refractivity contribution in [3.8, 4) is 0 Å². The highest BCUT2D eigenvalue weighted by Gasteiger charge is 2.27. The number of urea groups is 1. The maximum atomic E-state index is 12.5. The first-order chi connectivity index (χ1) is 12.7. The lowest BCUT2D eigenvalue weighted by Crippen LogP contribution is -2.53. The van der Waals surface area contributed by atoms with Crippen LogP contribution in [0.3, 0.4) is 0 Å². The lowest BCUT2D eigenvalue weighted by molar-refractivity contribution is 0.0110. The Balaban J connectivity index is 1.43. The van der Waals surface area contributed by atoms with Crippen LogP contribution in [0.1, 0.15) is 36.5 Å². The van der Waals surface area contributed by atoms with E-state index in [1.54, 1.807) is 0 Å². The molecular formula is C20H29N3O3. The second kappa shape index (κ2) is 9.03. The molecular weight excluding hydrogens is 330 g/mol. The number of benzene rings is 1. The van der Waals surface area contributed by atoms with Crippen molar-refractivity contribution in [2.24, 2.45) is 5.92 Å². The van der Waals surface area contributed by atoms with Crippen molar-refractivity contribution >= 4 is 11.9 Å². The molecule has 2 saturated heterocycles. The molecule has 2 fully saturated rings. The van der Waals surface area contributed by atoms with E-state index in [-0.39, 0.29) is 18.0 Å². The molecule has 1 unspecified atom stereocenters. The molecule has 0 spiro atoms. The van der Waals surface area contributed by atoms with Gasteiger partial charge in [-0.15, -0.1) is 0 Å². The Morgan fingerprint density at radius 1 is 1.15 bits per heavy atom. The van der Waals surface area contributed by atoms with Gasteiger partial charge in [-0.1, -0.05) is 25.1 Å². The van der Waals surface area contributed by atoms with Crippen LogP contribution in [-0.4, -0.2) is 67.2 Å². The predicted octanol–water partition coefficient (Wildman–Crippen LogP) is 2.36. The number of nitrogens with zero attached hydrogens (tertiary/aromatic N) is 2. The van der Waals surface area contributed by atoms with E-state index >= 15 is 0 Å². The highest BCUT2D eigenvalue weighted by atomic mass is 16.5. The van der Waals surface area contributed by atoms with Gasteiger partial charge in [0.2, 0.25) is 0 Å². The maximum absolute atomic E-state index is 12.5. The van der Waals surface area contributed by atoms with Gasteiger partial charge in [0, 0.05) is 31.7 Å². The van der Waals surface area contributed by atoms with Crippen LogP contribution in [0.15, 0.2) is 30.3 Å². The predicted molar refractivity (Wildman–Crippen MR) is 100 cm³/mol. The molecule has 1 aromatic rings. The van der Waals surface area contributed by atoms with E-state index in [0.29, 0.717) is 32.2 Å². The third-order valence-electron chi connectivity index (χ3n) is 5.42. The first-order valence-corrected chi connectivity index (χ1v) is 9.65. The smallest absolute Gasteiger partial charge is 0.317 e. The molecule has 26 heavy (non-hydrogen) atoms. The summed E-state index contributed by atoms with van der Waals surface area (Å²) in [7, 11) is 0. The van der Waals surface area contributed by atoms with Crippen LogP contribution in [0.2, 0.25) is 0 Å². The summed E-state index contributed by atoms with van der Waals surface area (Å²) in [5, 5.41) is 3.09. The normalized spacial score (nSPS) is 21.5. The fourth-order valence-corrected chi connectivity index (χ4v) is 3.70. The van der Waals surface area contributed by atoms with Crippen molar-refractivity contribution in [2.75, 3.05) is 39.4 Å². The Hall–Kier alpha value is -2.08. The number of likely N-dealkylation sites (tertiary alicyclic amines) is 1. The summed E-state index contributed by atoms with van der Waals surface area (Å²) in [4.78, 5) is 28.8. The van der Waals surface area contributed by atoms with E-state index in [4.69, 9.17) is 4.74 Å². The van der Waals surface area contributed by atoms with Gasteiger partial charge in [-0.3, -0.25) is 4.79 Å². The molecule has 1 aromatic carbocycles. The first kappa shape index (κ1) is 18.7. The minimum absolute atomic E-state index is 0.0166. The molecule has 6 nitrogen and oxygen atoms in total. The third kappa shape index (κ3) is 4.55. The minimum atomic E-state index is 0.0166. The standard InChI is InChI=1S/C20H29N3O3/c1-2-18-15-26-13-12-23(18)20(25)21-14-16-8-10-22(11-9-16)19(24)17-6-4-3-5-7-17/h3-7,16,18H,2,8-15H2,1H3,(H,21,25). The fraction of sp³-hybridized carbons (Fsp3) is 0.600. The average molecular weight is 359 g/mol. The average Bonchev–Trinajstić information content (AvgIpc) is 2.72. The zero-order valence-electron chi connectivity index (χ0n) is 15.5. The second-order valence-corrected chi connectivity index (χ2v) is 7.12. The van der Waals surface area contributed by atoms with Crippen LogP contribution in [0.4, 0.5) is 4.79 Å². The Kier molecular flexibility index (Phi) is 6.50. The molecule has 0 saturated carbocycles. The number of carbonyl (C=O) groups excluding carboxylic acids is 2. The van der Waals surface area contributed by atoms with Crippen molar-refractivity contribution in [3.05, 3.63) is 35.9 Å². The minimum Gasteiger partial charge on any atom is -0.377 e. The van der Waals surface area contributed by atoms with Gasteiger partial charge in [-0.25, -0.2) is 4.79 Å². The number of rotatable bonds is 4. The highest BCUT2D eigenvalue weighted by molar-refractivity contribution is 5.94. The van der Waals surface area contributed by atoms with Crippen LogP contribution in [0.25, 0.3) is 0 Å². The SMILES string of the molecule is CCC1COCCN1C(=O)NCC1CCN(C(=O)c2ccccc2)CC1. The third-order valence-corrected chi connectivity index (χ3v) is 5.42. The summed E-state index contributed by atoms with van der Waals surface area (Å²) in [6, 6.07) is 9.62. The molecule has 1 N–H and O–H groups in total. The van der Waals surface area contributed by atoms with Gasteiger partial charge in [0.1, 0.15) is 0 Å². The molecule has 3 rings (SSSR count). The summed E-state index contributed by atoms with van der Waals surface area (Å²) in [5.74, 6) is 0.534. The van der Waals surface area contributed by atoms with E-state index in [1.165, 1.54) is 0 Å². The Morgan fingerprint density at radius 2 is 1.88 bits per heavy atom. The van der Waals surface area contributed by atoms with Gasteiger partial charge in [-0.2, -0.15) is 0 Å². The number of amides is 3. The number of piperidine rings is 1. The Labute approximate surface area is 155 Å². The van der Waals surface area contributed by atoms with Crippen LogP contribution < -0.4 is 5.32 Å². The van der Waals surface area contributed by atoms with Crippen LogP contribution in [0, 0.1) is 5.92 Å². The molecule has 2 aliphatic heterocycles. The zero-order chi connectivity index (χ0) is 18.4. The number of hydrogen-bond acceptors (Lipinski definition) is 3. The van der Waals surface area contributed by atoms with Gasteiger partial charge in [0.25, 0.3) is 5.91 Å². The van der Waals surface area contributed by atoms with E-state index < -0.39 is 0 Å². The fourth-order valence-electron chi connectivity index (χ4n) is 3.70. The number of nitrogens with one attached hydrogen (secondary N) is 1. The number of hydrogen-bond donors (Lipinski definition) is 1. The molecule has 2 aliphatic rings. The molecule has 6 heteroatoms. The van der Waals surface area contributed by atoms with Crippen molar-refractivity contribution in [1.29, 1.82) is 0 Å². The topological polar surface area (TPSA) is 61.9 Å². The monoisotopic (exact) mass is 359 g/mol. The van der Waals surface area contributed by atoms with Crippen molar-refractivity contribution in [3.63, 3.8) is 0 Å². The van der Waals surface area contributed by atoms with Crippen molar-refractivity contribution in [2.45, 2.75) is 32.2 Å². The van der Waals surface area contributed by atoms with Gasteiger partial charge < -0.3 is 19.9 Å². The Bertz CT molecular complexity index is 600. The van der Waals surface area contributed by atoms with Crippen LogP contribution in [0.5, 0.6) is 0 Å². The summed E-state index contributed by atoms with van der Waals surface area (Å²) >= 11 is 0. The quantitative estimate of drug-likeness (QED) is 0.898. The summed E-state index contributed by atoms with van der Waals surface area (Å²) in [6.45, 7) is 6.17. The van der Waals surface area contributed by atoms with Crippen LogP contribution >= 0.6 is 0 Å². The zero-order valence-corrected chi connectivity index (χ0v) is 15.5. The van der Waals surface area contributed by atoms with Crippen LogP contribution in [-0.2, 0) is 4.74 Å². The number of ether oxygens (including phenoxy) is 1. The lowest BCUT2D eigenvalue weighted by atomic mass is 9.96. The molecule has 0 radical (unpaired) electrons. The summed E-state index contributed by atoms with van der Waals surface area (Å²) in [6.07, 6.45) is 2.77. The second-order valence-electron chi connectivity index (χ2n) is 7.12. The Morgan fingerprint density at radius 3 is 2.58 bits per heavy atom. The number of morpholine rings is 1. The van der Waals surface area contributed by atoms with Gasteiger partial charge >= 0.3 is 6.03 Å². The molecule has 1 atom stereocenters.